The Morgan fingerprint density at radius 1 is 1.69 bits per heavy atom. The summed E-state index contributed by atoms with van der Waals surface area (Å²) in [5.41, 5.74) is 0.435. The summed E-state index contributed by atoms with van der Waals surface area (Å²) in [6.45, 7) is -0.306. The lowest BCUT2D eigenvalue weighted by Gasteiger charge is -2.07. The molecule has 1 amide bonds. The number of hydrogen-bond acceptors (Lipinski definition) is 3. The van der Waals surface area contributed by atoms with Crippen molar-refractivity contribution in [3.05, 3.63) is 24.0 Å². The van der Waals surface area contributed by atoms with Crippen LogP contribution in [0.1, 0.15) is 10.5 Å². The molecule has 0 radical (unpaired) electrons. The molecule has 1 unspecified atom stereocenters. The number of amides is 1. The Morgan fingerprint density at radius 3 is 3.00 bits per heavy atom. The monoisotopic (exact) mass is 184 g/mol. The predicted molar refractivity (Wildman–Crippen MR) is 46.2 cm³/mol. The van der Waals surface area contributed by atoms with Gasteiger partial charge in [0.25, 0.3) is 5.91 Å². The normalized spacial score (nSPS) is 12.5. The molecule has 1 heterocycles. The maximum absolute atomic E-state index is 11.2. The number of aromatic nitrogens is 1. The molecule has 1 aromatic heterocycles. The van der Waals surface area contributed by atoms with E-state index in [0.29, 0.717) is 5.69 Å². The van der Waals surface area contributed by atoms with E-state index in [9.17, 15) is 4.79 Å². The van der Waals surface area contributed by atoms with Gasteiger partial charge in [0.05, 0.1) is 12.7 Å². The molecular formula is C8H12N2O3. The van der Waals surface area contributed by atoms with Crippen molar-refractivity contribution in [1.29, 1.82) is 0 Å². The number of carbonyl (C=O) groups excluding carboxylic acids is 1. The summed E-state index contributed by atoms with van der Waals surface area (Å²) in [6.07, 6.45) is 0.733. The molecule has 1 atom stereocenters. The van der Waals surface area contributed by atoms with Gasteiger partial charge in [-0.25, -0.2) is 0 Å². The van der Waals surface area contributed by atoms with Crippen LogP contribution in [0.5, 0.6) is 0 Å². The van der Waals surface area contributed by atoms with E-state index in [4.69, 9.17) is 10.2 Å². The molecule has 5 nitrogen and oxygen atoms in total. The van der Waals surface area contributed by atoms with Crippen molar-refractivity contribution >= 4 is 5.91 Å². The van der Waals surface area contributed by atoms with E-state index in [1.165, 1.54) is 0 Å². The van der Waals surface area contributed by atoms with Gasteiger partial charge in [0, 0.05) is 12.7 Å². The van der Waals surface area contributed by atoms with Crippen molar-refractivity contribution in [3.8, 4) is 0 Å². The van der Waals surface area contributed by atoms with Crippen molar-refractivity contribution < 1.29 is 15.0 Å². The molecule has 0 spiro atoms. The SMILES string of the molecule is O=C(NCC(O)CO)c1ccc[nH]1. The molecule has 1 aromatic rings. The predicted octanol–water partition coefficient (Wildman–Crippen LogP) is -0.902. The maximum Gasteiger partial charge on any atom is 0.267 e. The number of nitrogens with one attached hydrogen (secondary N) is 2. The van der Waals surface area contributed by atoms with Crippen LogP contribution in [0.25, 0.3) is 0 Å². The van der Waals surface area contributed by atoms with Crippen LogP contribution < -0.4 is 5.32 Å². The van der Waals surface area contributed by atoms with E-state index in [-0.39, 0.29) is 19.1 Å². The summed E-state index contributed by atoms with van der Waals surface area (Å²) >= 11 is 0. The number of aromatic amines is 1. The summed E-state index contributed by atoms with van der Waals surface area (Å²) < 4.78 is 0. The van der Waals surface area contributed by atoms with Crippen molar-refractivity contribution in [3.63, 3.8) is 0 Å². The van der Waals surface area contributed by atoms with Crippen molar-refractivity contribution in [2.75, 3.05) is 13.2 Å². The summed E-state index contributed by atoms with van der Waals surface area (Å²) in [7, 11) is 0. The fraction of sp³-hybridized carbons (Fsp3) is 0.375. The second-order valence-electron chi connectivity index (χ2n) is 2.63. The Kier molecular flexibility index (Phi) is 3.48. The van der Waals surface area contributed by atoms with Crippen LogP contribution in [0, 0.1) is 0 Å². The number of hydrogen-bond donors (Lipinski definition) is 4. The van der Waals surface area contributed by atoms with Crippen LogP contribution >= 0.6 is 0 Å². The van der Waals surface area contributed by atoms with E-state index < -0.39 is 6.10 Å². The Hall–Kier alpha value is -1.33. The van der Waals surface area contributed by atoms with Gasteiger partial charge in [-0.2, -0.15) is 0 Å². The highest BCUT2D eigenvalue weighted by Gasteiger charge is 2.07. The van der Waals surface area contributed by atoms with Gasteiger partial charge in [0.1, 0.15) is 5.69 Å². The highest BCUT2D eigenvalue weighted by molar-refractivity contribution is 5.92. The first-order valence-electron chi connectivity index (χ1n) is 3.94. The van der Waals surface area contributed by atoms with Crippen molar-refractivity contribution in [2.24, 2.45) is 0 Å². The average molecular weight is 184 g/mol. The van der Waals surface area contributed by atoms with Crippen LogP contribution in [0.3, 0.4) is 0 Å². The molecular weight excluding hydrogens is 172 g/mol. The van der Waals surface area contributed by atoms with Crippen molar-refractivity contribution in [2.45, 2.75) is 6.10 Å². The van der Waals surface area contributed by atoms with Crippen LogP contribution in [-0.4, -0.2) is 40.4 Å². The Labute approximate surface area is 75.4 Å². The molecule has 0 saturated carbocycles. The number of aliphatic hydroxyl groups is 2. The fourth-order valence-electron chi connectivity index (χ4n) is 0.842. The largest absolute Gasteiger partial charge is 0.394 e. The lowest BCUT2D eigenvalue weighted by Crippen LogP contribution is -2.33. The maximum atomic E-state index is 11.2. The molecule has 0 saturated heterocycles. The van der Waals surface area contributed by atoms with Gasteiger partial charge in [-0.1, -0.05) is 0 Å². The molecule has 72 valence electrons. The minimum atomic E-state index is -0.904. The second kappa shape index (κ2) is 4.64. The van der Waals surface area contributed by atoms with Gasteiger partial charge >= 0.3 is 0 Å². The minimum Gasteiger partial charge on any atom is -0.394 e. The standard InChI is InChI=1S/C8H12N2O3/c11-5-6(12)4-10-8(13)7-2-1-3-9-7/h1-3,6,9,11-12H,4-5H2,(H,10,13). The topological polar surface area (TPSA) is 85.3 Å². The summed E-state index contributed by atoms with van der Waals surface area (Å²) in [4.78, 5) is 13.9. The van der Waals surface area contributed by atoms with Crippen LogP contribution in [-0.2, 0) is 0 Å². The molecule has 0 aromatic carbocycles. The minimum absolute atomic E-state index is 0.0500. The summed E-state index contributed by atoms with van der Waals surface area (Å²) in [5.74, 6) is -0.294. The third-order valence-electron chi connectivity index (χ3n) is 1.55. The zero-order chi connectivity index (χ0) is 9.68. The van der Waals surface area contributed by atoms with E-state index >= 15 is 0 Å². The van der Waals surface area contributed by atoms with E-state index in [2.05, 4.69) is 10.3 Å². The lowest BCUT2D eigenvalue weighted by atomic mass is 10.3. The van der Waals surface area contributed by atoms with Gasteiger partial charge in [-0.05, 0) is 12.1 Å². The van der Waals surface area contributed by atoms with E-state index in [1.54, 1.807) is 18.3 Å². The van der Waals surface area contributed by atoms with E-state index in [0.717, 1.165) is 0 Å². The molecule has 13 heavy (non-hydrogen) atoms. The number of aliphatic hydroxyl groups excluding tert-OH is 2. The average Bonchev–Trinajstić information content (AvgIpc) is 2.66. The quantitative estimate of drug-likeness (QED) is 0.489. The van der Waals surface area contributed by atoms with Gasteiger partial charge in [0.2, 0.25) is 0 Å². The zero-order valence-electron chi connectivity index (χ0n) is 7.03. The highest BCUT2D eigenvalue weighted by Crippen LogP contribution is 1.93. The smallest absolute Gasteiger partial charge is 0.267 e. The highest BCUT2D eigenvalue weighted by atomic mass is 16.3. The van der Waals surface area contributed by atoms with E-state index in [1.807, 2.05) is 0 Å². The molecule has 0 aliphatic carbocycles. The van der Waals surface area contributed by atoms with Gasteiger partial charge < -0.3 is 20.5 Å². The first-order chi connectivity index (χ1) is 6.24. The second-order valence-corrected chi connectivity index (χ2v) is 2.63. The van der Waals surface area contributed by atoms with Crippen molar-refractivity contribution in [1.82, 2.24) is 10.3 Å². The van der Waals surface area contributed by atoms with Crippen LogP contribution in [0.2, 0.25) is 0 Å². The third-order valence-corrected chi connectivity index (χ3v) is 1.55. The summed E-state index contributed by atoms with van der Waals surface area (Å²) in [5, 5.41) is 19.9. The number of H-pyrrole nitrogens is 1. The molecule has 0 aliphatic rings. The molecule has 5 heteroatoms. The molecule has 0 fully saturated rings. The molecule has 4 N–H and O–H groups in total. The Bertz CT molecular complexity index is 258. The van der Waals surface area contributed by atoms with Crippen LogP contribution in [0.4, 0.5) is 0 Å². The molecule has 1 rings (SSSR count). The lowest BCUT2D eigenvalue weighted by molar-refractivity contribution is 0.0799. The summed E-state index contributed by atoms with van der Waals surface area (Å²) in [6, 6.07) is 3.33. The third kappa shape index (κ3) is 2.89. The Balaban J connectivity index is 2.35. The van der Waals surface area contributed by atoms with Gasteiger partial charge in [0.15, 0.2) is 0 Å². The Morgan fingerprint density at radius 2 is 2.46 bits per heavy atom. The van der Waals surface area contributed by atoms with Crippen LogP contribution in [0.15, 0.2) is 18.3 Å². The number of carbonyl (C=O) groups is 1. The fourth-order valence-corrected chi connectivity index (χ4v) is 0.842. The molecule has 0 bridgehead atoms. The van der Waals surface area contributed by atoms with Gasteiger partial charge in [-0.3, -0.25) is 4.79 Å². The number of rotatable bonds is 4. The molecule has 0 aliphatic heterocycles. The first kappa shape index (κ1) is 9.76. The van der Waals surface area contributed by atoms with Gasteiger partial charge in [-0.15, -0.1) is 0 Å². The first-order valence-corrected chi connectivity index (χ1v) is 3.94. The zero-order valence-corrected chi connectivity index (χ0v) is 7.03.